The van der Waals surface area contributed by atoms with Gasteiger partial charge in [-0.15, -0.1) is 0 Å². The quantitative estimate of drug-likeness (QED) is 0.886. The summed E-state index contributed by atoms with van der Waals surface area (Å²) in [6.07, 6.45) is 5.57. The molecule has 2 saturated heterocycles. The molecule has 1 N–H and O–H groups in total. The van der Waals surface area contributed by atoms with Crippen molar-refractivity contribution in [2.45, 2.75) is 37.8 Å². The van der Waals surface area contributed by atoms with Crippen LogP contribution in [0, 0.1) is 5.92 Å². The monoisotopic (exact) mass is 354 g/mol. The van der Waals surface area contributed by atoms with Crippen LogP contribution in [-0.4, -0.2) is 40.3 Å². The number of piperidine rings is 2. The lowest BCUT2D eigenvalue weighted by atomic mass is 9.67. The highest BCUT2D eigenvalue weighted by atomic mass is 79.9. The maximum absolute atomic E-state index is 12.1. The summed E-state index contributed by atoms with van der Waals surface area (Å²) in [4.78, 5) is 18.0. The molecule has 4 rings (SSSR count). The van der Waals surface area contributed by atoms with Crippen molar-refractivity contribution in [3.05, 3.63) is 28.5 Å². The summed E-state index contributed by atoms with van der Waals surface area (Å²) in [6, 6.07) is 1.65. The van der Waals surface area contributed by atoms with E-state index in [2.05, 4.69) is 20.9 Å². The zero-order valence-corrected chi connectivity index (χ0v) is 13.5. The van der Waals surface area contributed by atoms with E-state index in [1.54, 1.807) is 24.2 Å². The molecule has 1 aromatic heterocycles. The number of amides is 1. The van der Waals surface area contributed by atoms with Gasteiger partial charge in [-0.1, -0.05) is 0 Å². The molecule has 2 aliphatic heterocycles. The first-order valence-corrected chi connectivity index (χ1v) is 8.10. The zero-order valence-electron chi connectivity index (χ0n) is 12.0. The van der Waals surface area contributed by atoms with Crippen molar-refractivity contribution in [3.8, 4) is 0 Å². The number of carbonyl (C=O) groups excluding carboxylic acids is 1. The molecule has 1 aliphatic carbocycles. The van der Waals surface area contributed by atoms with Crippen LogP contribution in [0.4, 0.5) is 4.79 Å². The number of hydrogen-bond acceptors (Lipinski definition) is 4. The average molecular weight is 355 g/mol. The highest BCUT2D eigenvalue weighted by molar-refractivity contribution is 9.10. The Bertz CT molecular complexity index is 553. The summed E-state index contributed by atoms with van der Waals surface area (Å²) < 4.78 is 5.97. The Hall–Kier alpha value is -1.14. The summed E-state index contributed by atoms with van der Waals surface area (Å²) in [5.41, 5.74) is -0.273. The lowest BCUT2D eigenvalue weighted by Gasteiger charge is -2.53. The number of aromatic nitrogens is 1. The molecule has 3 aliphatic rings. The van der Waals surface area contributed by atoms with Crippen LogP contribution in [0.1, 0.15) is 31.7 Å². The van der Waals surface area contributed by atoms with Crippen LogP contribution in [0.5, 0.6) is 0 Å². The standard InChI is InChI=1S/C15H19BrN2O3/c1-2-21-14(19)18-9-10-3-4-13(18)15(20,6-10)11-5-12(16)8-17-7-11/h5,7-8,10,13,20H,2-4,6,9H2,1H3. The van der Waals surface area contributed by atoms with Crippen molar-refractivity contribution in [2.75, 3.05) is 13.2 Å². The van der Waals surface area contributed by atoms with Gasteiger partial charge in [-0.3, -0.25) is 4.98 Å². The molecule has 5 nitrogen and oxygen atoms in total. The lowest BCUT2D eigenvalue weighted by molar-refractivity contribution is -0.128. The van der Waals surface area contributed by atoms with Crippen LogP contribution in [0.3, 0.4) is 0 Å². The average Bonchev–Trinajstić information content (AvgIpc) is 2.47. The molecule has 3 atom stereocenters. The fourth-order valence-corrected chi connectivity index (χ4v) is 4.02. The number of halogens is 1. The second-order valence-electron chi connectivity index (χ2n) is 5.83. The van der Waals surface area contributed by atoms with Crippen molar-refractivity contribution in [3.63, 3.8) is 0 Å². The minimum absolute atomic E-state index is 0.238. The van der Waals surface area contributed by atoms with E-state index < -0.39 is 5.60 Å². The molecule has 2 bridgehead atoms. The van der Waals surface area contributed by atoms with Gasteiger partial charge in [0, 0.05) is 29.0 Å². The van der Waals surface area contributed by atoms with Gasteiger partial charge < -0.3 is 14.7 Å². The number of pyridine rings is 1. The van der Waals surface area contributed by atoms with Crippen LogP contribution in [0.25, 0.3) is 0 Å². The third-order valence-electron chi connectivity index (χ3n) is 4.54. The van der Waals surface area contributed by atoms with Gasteiger partial charge in [0.25, 0.3) is 0 Å². The number of fused-ring (bicyclic) bond motifs is 3. The Balaban J connectivity index is 1.94. The third kappa shape index (κ3) is 2.55. The maximum Gasteiger partial charge on any atom is 0.410 e. The number of carbonyl (C=O) groups is 1. The third-order valence-corrected chi connectivity index (χ3v) is 4.97. The number of ether oxygens (including phenoxy) is 1. The Morgan fingerprint density at radius 1 is 1.57 bits per heavy atom. The highest BCUT2D eigenvalue weighted by Gasteiger charge is 2.53. The molecule has 0 radical (unpaired) electrons. The summed E-state index contributed by atoms with van der Waals surface area (Å²) >= 11 is 3.40. The number of aliphatic hydroxyl groups is 1. The van der Waals surface area contributed by atoms with Crippen LogP contribution < -0.4 is 0 Å². The van der Waals surface area contributed by atoms with Crippen molar-refractivity contribution in [1.82, 2.24) is 9.88 Å². The van der Waals surface area contributed by atoms with Gasteiger partial charge in [0.05, 0.1) is 12.6 Å². The van der Waals surface area contributed by atoms with Crippen LogP contribution in [0.2, 0.25) is 0 Å². The zero-order chi connectivity index (χ0) is 15.0. The summed E-state index contributed by atoms with van der Waals surface area (Å²) in [6.45, 7) is 2.82. The fourth-order valence-electron chi connectivity index (χ4n) is 3.65. The molecular weight excluding hydrogens is 336 g/mol. The number of nitrogens with zero attached hydrogens (tertiary/aromatic N) is 2. The first kappa shape index (κ1) is 14.8. The topological polar surface area (TPSA) is 62.7 Å². The smallest absolute Gasteiger partial charge is 0.410 e. The molecule has 114 valence electrons. The van der Waals surface area contributed by atoms with Crippen LogP contribution in [0.15, 0.2) is 22.9 Å². The summed E-state index contributed by atoms with van der Waals surface area (Å²) in [5, 5.41) is 11.2. The van der Waals surface area contributed by atoms with Crippen LogP contribution in [-0.2, 0) is 10.3 Å². The second-order valence-corrected chi connectivity index (χ2v) is 6.75. The van der Waals surface area contributed by atoms with Gasteiger partial charge in [-0.05, 0) is 54.1 Å². The predicted molar refractivity (Wildman–Crippen MR) is 80.7 cm³/mol. The first-order chi connectivity index (χ1) is 10.0. The Morgan fingerprint density at radius 2 is 2.38 bits per heavy atom. The maximum atomic E-state index is 12.1. The van der Waals surface area contributed by atoms with Gasteiger partial charge in [-0.25, -0.2) is 4.79 Å². The SMILES string of the molecule is CCOC(=O)N1CC2CCC1C(O)(c1cncc(Br)c1)C2. The highest BCUT2D eigenvalue weighted by Crippen LogP contribution is 2.47. The molecular formula is C15H19BrN2O3. The minimum Gasteiger partial charge on any atom is -0.450 e. The van der Waals surface area contributed by atoms with Gasteiger partial charge in [0.2, 0.25) is 0 Å². The normalized spacial score (nSPS) is 31.3. The van der Waals surface area contributed by atoms with Gasteiger partial charge in [0.15, 0.2) is 0 Å². The molecule has 3 fully saturated rings. The van der Waals surface area contributed by atoms with Gasteiger partial charge in [-0.2, -0.15) is 0 Å². The number of hydrogen-bond donors (Lipinski definition) is 1. The van der Waals surface area contributed by atoms with E-state index in [0.717, 1.165) is 22.9 Å². The molecule has 6 heteroatoms. The Labute approximate surface area is 132 Å². The number of rotatable bonds is 2. The van der Waals surface area contributed by atoms with Crippen LogP contribution >= 0.6 is 15.9 Å². The lowest BCUT2D eigenvalue weighted by Crippen LogP contribution is -2.62. The van der Waals surface area contributed by atoms with Crippen molar-refractivity contribution in [2.24, 2.45) is 5.92 Å². The molecule has 0 spiro atoms. The molecule has 1 saturated carbocycles. The van der Waals surface area contributed by atoms with E-state index >= 15 is 0 Å². The Kier molecular flexibility index (Phi) is 3.92. The summed E-state index contributed by atoms with van der Waals surface area (Å²) in [5.74, 6) is 0.309. The predicted octanol–water partition coefficient (Wildman–Crippen LogP) is 2.67. The Morgan fingerprint density at radius 3 is 3.05 bits per heavy atom. The van der Waals surface area contributed by atoms with E-state index in [0.29, 0.717) is 25.5 Å². The molecule has 21 heavy (non-hydrogen) atoms. The molecule has 1 aromatic rings. The second kappa shape index (κ2) is 5.57. The molecule has 0 aromatic carbocycles. The fraction of sp³-hybridized carbons (Fsp3) is 0.600. The summed E-state index contributed by atoms with van der Waals surface area (Å²) in [7, 11) is 0. The van der Waals surface area contributed by atoms with Gasteiger partial charge in [0.1, 0.15) is 5.60 Å². The molecule has 3 unspecified atom stereocenters. The van der Waals surface area contributed by atoms with E-state index in [-0.39, 0.29) is 12.1 Å². The minimum atomic E-state index is -1.04. The first-order valence-electron chi connectivity index (χ1n) is 7.31. The molecule has 1 amide bonds. The van der Waals surface area contributed by atoms with E-state index in [4.69, 9.17) is 4.74 Å². The van der Waals surface area contributed by atoms with E-state index in [1.807, 2.05) is 6.07 Å². The van der Waals surface area contributed by atoms with Gasteiger partial charge >= 0.3 is 6.09 Å². The van der Waals surface area contributed by atoms with Crippen molar-refractivity contribution < 1.29 is 14.6 Å². The van der Waals surface area contributed by atoms with Crippen molar-refractivity contribution in [1.29, 1.82) is 0 Å². The largest absolute Gasteiger partial charge is 0.450 e. The van der Waals surface area contributed by atoms with E-state index in [1.165, 1.54) is 0 Å². The van der Waals surface area contributed by atoms with E-state index in [9.17, 15) is 9.90 Å². The van der Waals surface area contributed by atoms with Crippen molar-refractivity contribution >= 4 is 22.0 Å². The molecule has 3 heterocycles.